The number of hydrogen-bond acceptors (Lipinski definition) is 7. The molecular weight excluding hydrogens is 412 g/mol. The third kappa shape index (κ3) is 12.1. The molecule has 0 aliphatic heterocycles. The first-order valence-electron chi connectivity index (χ1n) is 8.41. The zero-order valence-corrected chi connectivity index (χ0v) is 18.1. The number of thioether (sulfide) groups is 1. The molecule has 0 saturated carbocycles. The van der Waals surface area contributed by atoms with Gasteiger partial charge in [-0.05, 0) is 31.8 Å². The maximum Gasteiger partial charge on any atom is 0.305 e. The van der Waals surface area contributed by atoms with Crippen molar-refractivity contribution in [3.8, 4) is 0 Å². The Morgan fingerprint density at radius 2 is 1.82 bits per heavy atom. The Morgan fingerprint density at radius 3 is 2.29 bits per heavy atom. The average Bonchev–Trinajstić information content (AvgIpc) is 2.55. The number of carbonyl (C=O) groups excluding carboxylic acids is 3. The van der Waals surface area contributed by atoms with Crippen molar-refractivity contribution in [2.24, 2.45) is 11.5 Å². The molecule has 166 valence electrons. The van der Waals surface area contributed by atoms with Crippen LogP contribution in [-0.4, -0.2) is 70.3 Å². The summed E-state index contributed by atoms with van der Waals surface area (Å²) in [6, 6.07) is -2.13. The Labute approximate surface area is 175 Å². The molecule has 0 saturated heterocycles. The molecule has 1 unspecified atom stereocenters. The van der Waals surface area contributed by atoms with E-state index in [2.05, 4.69) is 10.6 Å². The Hall–Kier alpha value is -1.40. The number of aliphatic carboxylic acids is 1. The van der Waals surface area contributed by atoms with E-state index in [4.69, 9.17) is 16.6 Å². The number of hydrogen-bond donors (Lipinski definition) is 5. The van der Waals surface area contributed by atoms with Gasteiger partial charge in [0.05, 0.1) is 24.0 Å². The molecule has 0 fully saturated rings. The first kappa shape index (κ1) is 31.3. The van der Waals surface area contributed by atoms with Crippen LogP contribution in [0.25, 0.3) is 0 Å². The zero-order chi connectivity index (χ0) is 20.3. The molecule has 28 heavy (non-hydrogen) atoms. The van der Waals surface area contributed by atoms with Crippen LogP contribution in [0.2, 0.25) is 0 Å². The number of nitrogens with two attached hydrogens (primary N) is 2. The van der Waals surface area contributed by atoms with Gasteiger partial charge >= 0.3 is 5.97 Å². The molecular formula is C16H33ClN4O6S. The van der Waals surface area contributed by atoms with Gasteiger partial charge in [0.25, 0.3) is 0 Å². The van der Waals surface area contributed by atoms with Gasteiger partial charge in [0.1, 0.15) is 0 Å². The first-order chi connectivity index (χ1) is 12.0. The van der Waals surface area contributed by atoms with Crippen molar-refractivity contribution in [1.29, 1.82) is 0 Å². The summed E-state index contributed by atoms with van der Waals surface area (Å²) in [6.45, 7) is 3.68. The Bertz CT molecular complexity index is 521. The zero-order valence-electron chi connectivity index (χ0n) is 16.4. The number of ketones is 1. The fraction of sp³-hybridized carbons (Fsp3) is 0.750. The van der Waals surface area contributed by atoms with E-state index in [1.165, 1.54) is 18.7 Å². The topological polar surface area (TPSA) is 196 Å². The second-order valence-electron chi connectivity index (χ2n) is 6.36. The molecule has 0 spiro atoms. The van der Waals surface area contributed by atoms with E-state index < -0.39 is 54.0 Å². The minimum atomic E-state index is -1.51. The van der Waals surface area contributed by atoms with Crippen LogP contribution < -0.4 is 22.1 Å². The van der Waals surface area contributed by atoms with E-state index in [0.29, 0.717) is 25.1 Å². The molecule has 0 aromatic rings. The van der Waals surface area contributed by atoms with Crippen LogP contribution in [0.3, 0.4) is 0 Å². The van der Waals surface area contributed by atoms with Crippen LogP contribution in [0.1, 0.15) is 39.5 Å². The Kier molecular flexibility index (Phi) is 17.3. The summed E-state index contributed by atoms with van der Waals surface area (Å²) in [5.74, 6) is -2.34. The Balaban J connectivity index is -0.00000312. The lowest BCUT2D eigenvalue weighted by atomic mass is 9.91. The van der Waals surface area contributed by atoms with Crippen molar-refractivity contribution in [1.82, 2.24) is 10.6 Å². The third-order valence-electron chi connectivity index (χ3n) is 3.65. The highest BCUT2D eigenvalue weighted by molar-refractivity contribution is 7.98. The minimum absolute atomic E-state index is 0. The van der Waals surface area contributed by atoms with Crippen LogP contribution in [0.5, 0.6) is 0 Å². The molecule has 0 rings (SSSR count). The van der Waals surface area contributed by atoms with Gasteiger partial charge in [-0.25, -0.2) is 0 Å². The lowest BCUT2D eigenvalue weighted by Gasteiger charge is -2.26. The molecule has 10 nitrogen and oxygen atoms in total. The number of halogens is 1. The summed E-state index contributed by atoms with van der Waals surface area (Å²) in [4.78, 5) is 47.6. The fourth-order valence-corrected chi connectivity index (χ4v) is 2.57. The molecule has 0 aromatic heterocycles. The van der Waals surface area contributed by atoms with E-state index in [1.54, 1.807) is 0 Å². The molecule has 9 N–H and O–H groups in total. The molecule has 2 amide bonds. The van der Waals surface area contributed by atoms with Crippen LogP contribution in [0.4, 0.5) is 0 Å². The van der Waals surface area contributed by atoms with Gasteiger partial charge in [-0.3, -0.25) is 19.2 Å². The van der Waals surface area contributed by atoms with Crippen LogP contribution in [0.15, 0.2) is 0 Å². The summed E-state index contributed by atoms with van der Waals surface area (Å²) in [7, 11) is 0. The summed E-state index contributed by atoms with van der Waals surface area (Å²) >= 11 is 1.52. The highest BCUT2D eigenvalue weighted by Gasteiger charge is 2.35. The monoisotopic (exact) mass is 444 g/mol. The maximum atomic E-state index is 12.5. The number of Topliss-reactive ketones (excluding diaryl/α,β-unsaturated/α-hetero) is 1. The molecule has 12 heteroatoms. The lowest BCUT2D eigenvalue weighted by Crippen LogP contribution is -2.56. The van der Waals surface area contributed by atoms with Gasteiger partial charge in [-0.15, -0.1) is 12.4 Å². The lowest BCUT2D eigenvalue weighted by molar-refractivity contribution is -0.140. The summed E-state index contributed by atoms with van der Waals surface area (Å²) in [5.41, 5.74) is 10.1. The first-order valence-corrected chi connectivity index (χ1v) is 9.81. The molecule has 0 heterocycles. The highest BCUT2D eigenvalue weighted by atomic mass is 35.5. The normalized spacial score (nSPS) is 14.3. The fourth-order valence-electron chi connectivity index (χ4n) is 2.08. The third-order valence-corrected chi connectivity index (χ3v) is 4.29. The molecule has 0 aliphatic carbocycles. The second kappa shape index (κ2) is 15.5. The molecule has 0 aliphatic rings. The van der Waals surface area contributed by atoms with E-state index in [1.807, 2.05) is 13.2 Å². The van der Waals surface area contributed by atoms with Crippen molar-refractivity contribution >= 4 is 47.7 Å². The van der Waals surface area contributed by atoms with Crippen molar-refractivity contribution in [3.05, 3.63) is 0 Å². The van der Waals surface area contributed by atoms with Crippen molar-refractivity contribution < 1.29 is 29.8 Å². The molecule has 0 bridgehead atoms. The number of nitrogens with one attached hydrogen (secondary N) is 2. The SMILES string of the molecule is CCCNC(=O)C(C)(N)CC(=O)[C@H](CC(=O)O)NC(=O)[C@@H](N)CCSC.Cl.O. The quantitative estimate of drug-likeness (QED) is 0.234. The van der Waals surface area contributed by atoms with E-state index >= 15 is 0 Å². The molecule has 0 aromatic carbocycles. The number of amides is 2. The smallest absolute Gasteiger partial charge is 0.305 e. The summed E-state index contributed by atoms with van der Waals surface area (Å²) in [6.07, 6.45) is 1.97. The molecule has 0 radical (unpaired) electrons. The number of carboxylic acids is 1. The van der Waals surface area contributed by atoms with Gasteiger partial charge in [-0.1, -0.05) is 6.92 Å². The molecule has 3 atom stereocenters. The van der Waals surface area contributed by atoms with Crippen LogP contribution in [-0.2, 0) is 19.2 Å². The van der Waals surface area contributed by atoms with Gasteiger partial charge in [0.15, 0.2) is 5.78 Å². The Morgan fingerprint density at radius 1 is 1.25 bits per heavy atom. The maximum absolute atomic E-state index is 12.5. The van der Waals surface area contributed by atoms with Gasteiger partial charge in [0, 0.05) is 13.0 Å². The second-order valence-corrected chi connectivity index (χ2v) is 7.35. The van der Waals surface area contributed by atoms with Gasteiger partial charge in [0.2, 0.25) is 11.8 Å². The van der Waals surface area contributed by atoms with E-state index in [9.17, 15) is 19.2 Å². The summed E-state index contributed by atoms with van der Waals surface area (Å²) < 4.78 is 0. The number of rotatable bonds is 13. The minimum Gasteiger partial charge on any atom is -0.481 e. The van der Waals surface area contributed by atoms with E-state index in [0.717, 1.165) is 0 Å². The van der Waals surface area contributed by atoms with Crippen molar-refractivity contribution in [3.63, 3.8) is 0 Å². The van der Waals surface area contributed by atoms with Crippen molar-refractivity contribution in [2.75, 3.05) is 18.6 Å². The predicted octanol–water partition coefficient (Wildman–Crippen LogP) is -1.17. The van der Waals surface area contributed by atoms with Crippen molar-refractivity contribution in [2.45, 2.75) is 57.2 Å². The van der Waals surface area contributed by atoms with Gasteiger partial charge < -0.3 is 32.7 Å². The number of carbonyl (C=O) groups is 4. The highest BCUT2D eigenvalue weighted by Crippen LogP contribution is 2.11. The standard InChI is InChI=1S/C16H30N4O5S.ClH.H2O/c1-4-6-19-15(25)16(2,18)9-12(21)11(8-13(22)23)20-14(24)10(17)5-7-26-3;;/h10-11H,4-9,17-18H2,1-3H3,(H,19,25)(H,20,24)(H,22,23);1H;1H2/t10-,11-,16?;;/m0../s1. The average molecular weight is 445 g/mol. The largest absolute Gasteiger partial charge is 0.481 e. The van der Waals surface area contributed by atoms with Crippen LogP contribution >= 0.6 is 24.2 Å². The predicted molar refractivity (Wildman–Crippen MR) is 112 cm³/mol. The van der Waals surface area contributed by atoms with Gasteiger partial charge in [-0.2, -0.15) is 11.8 Å². The summed E-state index contributed by atoms with van der Waals surface area (Å²) in [5, 5.41) is 14.0. The van der Waals surface area contributed by atoms with Crippen LogP contribution in [0, 0.1) is 0 Å². The van der Waals surface area contributed by atoms with E-state index in [-0.39, 0.29) is 17.9 Å². The number of carboxylic acid groups (broad SMARTS) is 1.